The van der Waals surface area contributed by atoms with Crippen LogP contribution in [0.2, 0.25) is 0 Å². The molecule has 2 fully saturated rings. The summed E-state index contributed by atoms with van der Waals surface area (Å²) in [7, 11) is -1.88. The summed E-state index contributed by atoms with van der Waals surface area (Å²) >= 11 is 1.40. The molecule has 1 aromatic carbocycles. The summed E-state index contributed by atoms with van der Waals surface area (Å²) < 4.78 is 26.4. The normalized spacial score (nSPS) is 18.1. The Labute approximate surface area is 237 Å². The SMILES string of the molecule is CCS(=O)(=O)c1cc(-c2sc(Nc3cccc(N4CCN(C)C4=O)n3)nc2C)cc2c1C(=O)N([C@@H](C)C1CC1)C2. The van der Waals surface area contributed by atoms with E-state index in [1.54, 1.807) is 35.9 Å². The summed E-state index contributed by atoms with van der Waals surface area (Å²) in [6.45, 7) is 7.18. The number of hydrogen-bond acceptors (Lipinski definition) is 8. The minimum atomic E-state index is -3.64. The van der Waals surface area contributed by atoms with Crippen LogP contribution in [0.25, 0.3) is 10.4 Å². The molecule has 0 unspecified atom stereocenters. The predicted molar refractivity (Wildman–Crippen MR) is 155 cm³/mol. The van der Waals surface area contributed by atoms with Crippen molar-refractivity contribution in [2.24, 2.45) is 5.92 Å². The number of thiazole rings is 1. The van der Waals surface area contributed by atoms with Gasteiger partial charge in [-0.05, 0) is 68.0 Å². The van der Waals surface area contributed by atoms with Crippen molar-refractivity contribution < 1.29 is 18.0 Å². The Morgan fingerprint density at radius 3 is 2.60 bits per heavy atom. The zero-order valence-electron chi connectivity index (χ0n) is 23.0. The first-order valence-corrected chi connectivity index (χ1v) is 16.0. The molecule has 210 valence electrons. The van der Waals surface area contributed by atoms with Gasteiger partial charge >= 0.3 is 6.03 Å². The van der Waals surface area contributed by atoms with Crippen LogP contribution < -0.4 is 10.2 Å². The molecule has 3 aromatic rings. The van der Waals surface area contributed by atoms with Crippen molar-refractivity contribution in [1.82, 2.24) is 19.8 Å². The molecule has 2 aromatic heterocycles. The topological polar surface area (TPSA) is 116 Å². The van der Waals surface area contributed by atoms with Gasteiger partial charge in [0.25, 0.3) is 5.91 Å². The molecule has 1 N–H and O–H groups in total. The number of carbonyl (C=O) groups is 2. The summed E-state index contributed by atoms with van der Waals surface area (Å²) in [4.78, 5) is 41.2. The highest BCUT2D eigenvalue weighted by molar-refractivity contribution is 7.91. The first-order chi connectivity index (χ1) is 19.1. The fraction of sp³-hybridized carbons (Fsp3) is 0.429. The third kappa shape index (κ3) is 4.62. The van der Waals surface area contributed by atoms with Gasteiger partial charge in [0, 0.05) is 32.7 Å². The van der Waals surface area contributed by atoms with Gasteiger partial charge in [0.15, 0.2) is 15.0 Å². The quantitative estimate of drug-likeness (QED) is 0.411. The van der Waals surface area contributed by atoms with Gasteiger partial charge in [0.05, 0.1) is 26.8 Å². The van der Waals surface area contributed by atoms with Gasteiger partial charge in [0.1, 0.15) is 11.6 Å². The van der Waals surface area contributed by atoms with Gasteiger partial charge in [-0.15, -0.1) is 0 Å². The number of aryl methyl sites for hydroxylation is 1. The predicted octanol–water partition coefficient (Wildman–Crippen LogP) is 4.68. The number of carbonyl (C=O) groups excluding carboxylic acids is 2. The fourth-order valence-corrected chi connectivity index (χ4v) is 7.57. The Hall–Kier alpha value is -3.51. The Morgan fingerprint density at radius 2 is 1.93 bits per heavy atom. The maximum atomic E-state index is 13.4. The minimum Gasteiger partial charge on any atom is -0.331 e. The summed E-state index contributed by atoms with van der Waals surface area (Å²) in [6, 6.07) is 9.03. The molecule has 12 heteroatoms. The van der Waals surface area contributed by atoms with Gasteiger partial charge in [-0.25, -0.2) is 23.2 Å². The Morgan fingerprint density at radius 1 is 1.15 bits per heavy atom. The van der Waals surface area contributed by atoms with Gasteiger partial charge in [0.2, 0.25) is 0 Å². The maximum Gasteiger partial charge on any atom is 0.325 e. The highest BCUT2D eigenvalue weighted by atomic mass is 32.2. The van der Waals surface area contributed by atoms with E-state index in [4.69, 9.17) is 0 Å². The van der Waals surface area contributed by atoms with E-state index in [-0.39, 0.29) is 28.6 Å². The molecule has 0 bridgehead atoms. The largest absolute Gasteiger partial charge is 0.331 e. The number of pyridine rings is 1. The lowest BCUT2D eigenvalue weighted by molar-refractivity contribution is 0.0694. The van der Waals surface area contributed by atoms with Crippen LogP contribution in [-0.2, 0) is 16.4 Å². The number of nitrogens with one attached hydrogen (secondary N) is 1. The zero-order valence-corrected chi connectivity index (χ0v) is 24.6. The number of anilines is 3. The minimum absolute atomic E-state index is 0.0832. The van der Waals surface area contributed by atoms with Crippen molar-refractivity contribution in [2.75, 3.05) is 36.1 Å². The van der Waals surface area contributed by atoms with Gasteiger partial charge in [-0.1, -0.05) is 24.3 Å². The van der Waals surface area contributed by atoms with Crippen molar-refractivity contribution >= 4 is 49.9 Å². The van der Waals surface area contributed by atoms with Crippen molar-refractivity contribution in [3.63, 3.8) is 0 Å². The van der Waals surface area contributed by atoms with E-state index < -0.39 is 9.84 Å². The molecule has 1 aliphatic carbocycles. The maximum absolute atomic E-state index is 13.4. The van der Waals surface area contributed by atoms with Crippen molar-refractivity contribution in [3.8, 4) is 10.4 Å². The number of benzene rings is 1. The highest BCUT2D eigenvalue weighted by Crippen LogP contribution is 2.42. The molecule has 0 spiro atoms. The molecule has 6 rings (SSSR count). The number of sulfone groups is 1. The van der Waals surface area contributed by atoms with Crippen LogP contribution in [0, 0.1) is 12.8 Å². The van der Waals surface area contributed by atoms with Crippen LogP contribution in [0.1, 0.15) is 48.3 Å². The molecule has 3 aliphatic rings. The van der Waals surface area contributed by atoms with Gasteiger partial charge in [-0.2, -0.15) is 0 Å². The number of hydrogen-bond donors (Lipinski definition) is 1. The van der Waals surface area contributed by atoms with Crippen LogP contribution in [0.5, 0.6) is 0 Å². The molecular weight excluding hydrogens is 548 g/mol. The third-order valence-electron chi connectivity index (χ3n) is 8.03. The summed E-state index contributed by atoms with van der Waals surface area (Å²) in [5, 5.41) is 3.85. The van der Waals surface area contributed by atoms with Crippen LogP contribution in [-0.4, -0.2) is 72.1 Å². The van der Waals surface area contributed by atoms with Crippen LogP contribution in [0.4, 0.5) is 21.6 Å². The van der Waals surface area contributed by atoms with Crippen LogP contribution >= 0.6 is 11.3 Å². The Balaban J connectivity index is 1.33. The third-order valence-corrected chi connectivity index (χ3v) is 10.9. The number of rotatable bonds is 8. The number of urea groups is 1. The lowest BCUT2D eigenvalue weighted by atomic mass is 10.0. The molecule has 1 saturated carbocycles. The molecule has 4 heterocycles. The van der Waals surface area contributed by atoms with Crippen molar-refractivity contribution in [2.45, 2.75) is 51.1 Å². The van der Waals surface area contributed by atoms with E-state index in [1.807, 2.05) is 30.0 Å². The standard InChI is InChI=1S/C28H32N6O4S2/c1-5-40(37,38)21-14-19(13-20-15-34(26(35)24(20)21)17(3)18-9-10-18)25-16(2)29-27(39-25)31-22-7-6-8-23(30-22)33-12-11-32(4)28(33)36/h6-8,13-14,17-18H,5,9-12,15H2,1-4H3,(H,29,30,31)/t17-/m0/s1. The fourth-order valence-electron chi connectivity index (χ4n) is 5.46. The highest BCUT2D eigenvalue weighted by Gasteiger charge is 2.41. The van der Waals surface area contributed by atoms with E-state index in [9.17, 15) is 18.0 Å². The van der Waals surface area contributed by atoms with Crippen molar-refractivity contribution in [1.29, 1.82) is 0 Å². The first kappa shape index (κ1) is 26.7. The van der Waals surface area contributed by atoms with Crippen molar-refractivity contribution in [3.05, 3.63) is 47.2 Å². The Bertz CT molecular complexity index is 1630. The van der Waals surface area contributed by atoms with E-state index in [1.165, 1.54) is 11.3 Å². The van der Waals surface area contributed by atoms with Gasteiger partial charge < -0.3 is 15.1 Å². The number of aromatic nitrogens is 2. The molecule has 3 amide bonds. The second kappa shape index (κ2) is 9.84. The molecule has 1 atom stereocenters. The number of nitrogens with zero attached hydrogens (tertiary/aromatic N) is 5. The van der Waals surface area contributed by atoms with E-state index in [2.05, 4.69) is 22.2 Å². The Kier molecular flexibility index (Phi) is 6.57. The zero-order chi connectivity index (χ0) is 28.3. The van der Waals surface area contributed by atoms with Crippen LogP contribution in [0.15, 0.2) is 35.2 Å². The lowest BCUT2D eigenvalue weighted by Gasteiger charge is -2.24. The molecule has 0 radical (unpaired) electrons. The molecular formula is C28H32N6O4S2. The second-order valence-electron chi connectivity index (χ2n) is 10.7. The number of amides is 3. The van der Waals surface area contributed by atoms with E-state index in [0.717, 1.165) is 34.5 Å². The van der Waals surface area contributed by atoms with E-state index in [0.29, 0.717) is 47.9 Å². The summed E-state index contributed by atoms with van der Waals surface area (Å²) in [6.07, 6.45) is 2.21. The second-order valence-corrected chi connectivity index (χ2v) is 14.0. The average molecular weight is 581 g/mol. The molecule has 10 nitrogen and oxygen atoms in total. The monoisotopic (exact) mass is 580 g/mol. The average Bonchev–Trinajstić information content (AvgIpc) is 3.55. The number of fused-ring (bicyclic) bond motifs is 1. The molecule has 1 saturated heterocycles. The smallest absolute Gasteiger partial charge is 0.325 e. The lowest BCUT2D eigenvalue weighted by Crippen LogP contribution is -2.35. The summed E-state index contributed by atoms with van der Waals surface area (Å²) in [5.41, 5.74) is 2.54. The number of likely N-dealkylation sites (N-methyl/N-ethyl adjacent to an activating group) is 1. The summed E-state index contributed by atoms with van der Waals surface area (Å²) in [5.74, 6) is 1.33. The van der Waals surface area contributed by atoms with Gasteiger partial charge in [-0.3, -0.25) is 9.69 Å². The van der Waals surface area contributed by atoms with Crippen LogP contribution in [0.3, 0.4) is 0 Å². The molecule has 40 heavy (non-hydrogen) atoms. The molecule has 2 aliphatic heterocycles. The van der Waals surface area contributed by atoms with E-state index >= 15 is 0 Å². The first-order valence-electron chi connectivity index (χ1n) is 13.5.